The van der Waals surface area contributed by atoms with Crippen LogP contribution in [0.5, 0.6) is 5.88 Å². The molecule has 1 aromatic carbocycles. The van der Waals surface area contributed by atoms with Gasteiger partial charge >= 0.3 is 0 Å². The minimum atomic E-state index is 0.170. The second kappa shape index (κ2) is 5.54. The monoisotopic (exact) mass is 300 g/mol. The SMILES string of the molecule is CCOc1nc(N)nc2ccc(-c3cccc(Cl)c3)nc12. The molecule has 0 aliphatic heterocycles. The number of nitrogens with zero attached hydrogens (tertiary/aromatic N) is 3. The largest absolute Gasteiger partial charge is 0.476 e. The number of nitrogen functional groups attached to an aromatic ring is 1. The van der Waals surface area contributed by atoms with Gasteiger partial charge in [0.25, 0.3) is 0 Å². The number of benzene rings is 1. The van der Waals surface area contributed by atoms with Crippen molar-refractivity contribution in [3.63, 3.8) is 0 Å². The predicted molar refractivity (Wildman–Crippen MR) is 83.4 cm³/mol. The van der Waals surface area contributed by atoms with Gasteiger partial charge in [-0.15, -0.1) is 0 Å². The van der Waals surface area contributed by atoms with E-state index < -0.39 is 0 Å². The summed E-state index contributed by atoms with van der Waals surface area (Å²) in [5.41, 5.74) is 8.61. The average molecular weight is 301 g/mol. The van der Waals surface area contributed by atoms with Crippen molar-refractivity contribution in [3.8, 4) is 17.1 Å². The molecule has 2 aromatic heterocycles. The highest BCUT2D eigenvalue weighted by Crippen LogP contribution is 2.27. The summed E-state index contributed by atoms with van der Waals surface area (Å²) in [6, 6.07) is 11.2. The standard InChI is InChI=1S/C15H13ClN4O/c1-2-21-14-13-12(19-15(17)20-14)7-6-11(18-13)9-4-3-5-10(16)8-9/h3-8H,2H2,1H3,(H2,17,19,20). The number of aromatic nitrogens is 3. The summed E-state index contributed by atoms with van der Waals surface area (Å²) in [6.45, 7) is 2.36. The molecule has 21 heavy (non-hydrogen) atoms. The van der Waals surface area contributed by atoms with Gasteiger partial charge in [0, 0.05) is 10.6 Å². The number of nitrogens with two attached hydrogens (primary N) is 1. The van der Waals surface area contributed by atoms with Crippen LogP contribution >= 0.6 is 11.6 Å². The molecule has 2 heterocycles. The molecule has 0 amide bonds. The van der Waals surface area contributed by atoms with E-state index in [1.54, 1.807) is 0 Å². The summed E-state index contributed by atoms with van der Waals surface area (Å²) < 4.78 is 5.49. The predicted octanol–water partition coefficient (Wildman–Crippen LogP) is 3.33. The molecule has 0 saturated carbocycles. The van der Waals surface area contributed by atoms with Gasteiger partial charge in [0.15, 0.2) is 5.52 Å². The molecule has 106 valence electrons. The fourth-order valence-electron chi connectivity index (χ4n) is 2.05. The van der Waals surface area contributed by atoms with Crippen molar-refractivity contribution in [2.45, 2.75) is 6.92 Å². The van der Waals surface area contributed by atoms with Crippen LogP contribution in [0, 0.1) is 0 Å². The molecule has 5 nitrogen and oxygen atoms in total. The maximum atomic E-state index is 6.02. The van der Waals surface area contributed by atoms with Crippen LogP contribution in [-0.2, 0) is 0 Å². The van der Waals surface area contributed by atoms with Crippen LogP contribution in [0.25, 0.3) is 22.3 Å². The molecule has 2 N–H and O–H groups in total. The van der Waals surface area contributed by atoms with Crippen molar-refractivity contribution in [1.29, 1.82) is 0 Å². The van der Waals surface area contributed by atoms with Crippen LogP contribution in [-0.4, -0.2) is 21.6 Å². The van der Waals surface area contributed by atoms with E-state index in [1.807, 2.05) is 43.3 Å². The molecular formula is C15H13ClN4O. The van der Waals surface area contributed by atoms with Crippen LogP contribution in [0.1, 0.15) is 6.92 Å². The zero-order valence-corrected chi connectivity index (χ0v) is 12.1. The molecule has 0 spiro atoms. The molecule has 0 saturated heterocycles. The summed E-state index contributed by atoms with van der Waals surface area (Å²) >= 11 is 6.02. The van der Waals surface area contributed by atoms with Crippen LogP contribution in [0.15, 0.2) is 36.4 Å². The van der Waals surface area contributed by atoms with Gasteiger partial charge in [-0.05, 0) is 31.2 Å². The number of fused-ring (bicyclic) bond motifs is 1. The van der Waals surface area contributed by atoms with E-state index in [-0.39, 0.29) is 5.95 Å². The van der Waals surface area contributed by atoms with E-state index in [4.69, 9.17) is 22.1 Å². The summed E-state index contributed by atoms with van der Waals surface area (Å²) in [5, 5.41) is 0.660. The van der Waals surface area contributed by atoms with Crippen molar-refractivity contribution in [2.24, 2.45) is 0 Å². The Bertz CT molecular complexity index is 807. The first-order valence-corrected chi connectivity index (χ1v) is 6.88. The smallest absolute Gasteiger partial charge is 0.245 e. The Kier molecular flexibility index (Phi) is 3.58. The van der Waals surface area contributed by atoms with E-state index in [9.17, 15) is 0 Å². The third-order valence-corrected chi connectivity index (χ3v) is 3.16. The highest BCUT2D eigenvalue weighted by Gasteiger charge is 2.10. The molecule has 3 aromatic rings. The van der Waals surface area contributed by atoms with Gasteiger partial charge < -0.3 is 10.5 Å². The zero-order chi connectivity index (χ0) is 14.8. The average Bonchev–Trinajstić information content (AvgIpc) is 2.47. The third kappa shape index (κ3) is 2.73. The first-order chi connectivity index (χ1) is 10.2. The van der Waals surface area contributed by atoms with E-state index in [0.29, 0.717) is 28.5 Å². The lowest BCUT2D eigenvalue weighted by Crippen LogP contribution is -2.02. The molecule has 3 rings (SSSR count). The highest BCUT2D eigenvalue weighted by molar-refractivity contribution is 6.30. The third-order valence-electron chi connectivity index (χ3n) is 2.93. The lowest BCUT2D eigenvalue weighted by molar-refractivity contribution is 0.330. The molecule has 6 heteroatoms. The molecule has 0 fully saturated rings. The maximum absolute atomic E-state index is 6.02. The second-order valence-corrected chi connectivity index (χ2v) is 4.83. The number of halogens is 1. The Labute approximate surface area is 126 Å². The molecule has 0 unspecified atom stereocenters. The van der Waals surface area contributed by atoms with Gasteiger partial charge in [-0.2, -0.15) is 4.98 Å². The number of hydrogen-bond acceptors (Lipinski definition) is 5. The normalized spacial score (nSPS) is 10.8. The zero-order valence-electron chi connectivity index (χ0n) is 11.4. The fourth-order valence-corrected chi connectivity index (χ4v) is 2.24. The van der Waals surface area contributed by atoms with Crippen molar-refractivity contribution in [2.75, 3.05) is 12.3 Å². The quantitative estimate of drug-likeness (QED) is 0.803. The van der Waals surface area contributed by atoms with Crippen molar-refractivity contribution < 1.29 is 4.74 Å². The van der Waals surface area contributed by atoms with Crippen molar-refractivity contribution >= 4 is 28.6 Å². The van der Waals surface area contributed by atoms with Crippen LogP contribution in [0.4, 0.5) is 5.95 Å². The van der Waals surface area contributed by atoms with Crippen LogP contribution in [0.2, 0.25) is 5.02 Å². The number of anilines is 1. The van der Waals surface area contributed by atoms with E-state index in [0.717, 1.165) is 11.3 Å². The Morgan fingerprint density at radius 3 is 2.76 bits per heavy atom. The lowest BCUT2D eigenvalue weighted by atomic mass is 10.1. The number of hydrogen-bond donors (Lipinski definition) is 1. The molecule has 0 aliphatic rings. The summed E-state index contributed by atoms with van der Waals surface area (Å²) in [4.78, 5) is 12.9. The van der Waals surface area contributed by atoms with Gasteiger partial charge in [-0.1, -0.05) is 23.7 Å². The van der Waals surface area contributed by atoms with Crippen LogP contribution < -0.4 is 10.5 Å². The summed E-state index contributed by atoms with van der Waals surface area (Å²) in [5.74, 6) is 0.562. The molecule has 0 bridgehead atoms. The number of rotatable bonds is 3. The molecule has 0 aliphatic carbocycles. The minimum Gasteiger partial charge on any atom is -0.476 e. The maximum Gasteiger partial charge on any atom is 0.245 e. The van der Waals surface area contributed by atoms with Crippen molar-refractivity contribution in [3.05, 3.63) is 41.4 Å². The number of ether oxygens (including phenoxy) is 1. The van der Waals surface area contributed by atoms with E-state index in [2.05, 4.69) is 15.0 Å². The van der Waals surface area contributed by atoms with Crippen LogP contribution in [0.3, 0.4) is 0 Å². The van der Waals surface area contributed by atoms with E-state index in [1.165, 1.54) is 0 Å². The second-order valence-electron chi connectivity index (χ2n) is 4.39. The van der Waals surface area contributed by atoms with Gasteiger partial charge in [0.2, 0.25) is 11.8 Å². The fraction of sp³-hybridized carbons (Fsp3) is 0.133. The highest BCUT2D eigenvalue weighted by atomic mass is 35.5. The summed E-state index contributed by atoms with van der Waals surface area (Å²) in [6.07, 6.45) is 0. The Morgan fingerprint density at radius 2 is 2.00 bits per heavy atom. The molecule has 0 atom stereocenters. The Morgan fingerprint density at radius 1 is 1.14 bits per heavy atom. The number of pyridine rings is 1. The van der Waals surface area contributed by atoms with Gasteiger partial charge in [-0.3, -0.25) is 0 Å². The Hall–Kier alpha value is -2.40. The Balaban J connectivity index is 2.19. The topological polar surface area (TPSA) is 73.9 Å². The molecular weight excluding hydrogens is 288 g/mol. The first kappa shape index (κ1) is 13.6. The summed E-state index contributed by atoms with van der Waals surface area (Å²) in [7, 11) is 0. The van der Waals surface area contributed by atoms with E-state index >= 15 is 0 Å². The van der Waals surface area contributed by atoms with Gasteiger partial charge in [0.05, 0.1) is 17.8 Å². The first-order valence-electron chi connectivity index (χ1n) is 6.50. The minimum absolute atomic E-state index is 0.170. The van der Waals surface area contributed by atoms with Gasteiger partial charge in [-0.25, -0.2) is 9.97 Å². The van der Waals surface area contributed by atoms with Gasteiger partial charge in [0.1, 0.15) is 0 Å². The molecule has 0 radical (unpaired) electrons. The van der Waals surface area contributed by atoms with Crippen molar-refractivity contribution in [1.82, 2.24) is 15.0 Å². The lowest BCUT2D eigenvalue weighted by Gasteiger charge is -2.08.